The molecule has 0 unspecified atom stereocenters. The second kappa shape index (κ2) is 7.82. The number of piperidine rings is 1. The molecule has 2 heterocycles. The average Bonchev–Trinajstić information content (AvgIpc) is 3.08. The number of rotatable bonds is 5. The third kappa shape index (κ3) is 4.39. The number of nitrogens with zero attached hydrogens (tertiary/aromatic N) is 3. The smallest absolute Gasteiger partial charge is 0.262 e. The fraction of sp³-hybridized carbons (Fsp3) is 0.474. The normalized spacial score (nSPS) is 16.4. The lowest BCUT2D eigenvalue weighted by Crippen LogP contribution is -2.38. The first-order valence-corrected chi connectivity index (χ1v) is 10.6. The van der Waals surface area contributed by atoms with Gasteiger partial charge in [-0.3, -0.25) is 4.79 Å². The summed E-state index contributed by atoms with van der Waals surface area (Å²) in [6.07, 6.45) is 4.54. The van der Waals surface area contributed by atoms with Crippen molar-refractivity contribution in [2.24, 2.45) is 5.92 Å². The van der Waals surface area contributed by atoms with Crippen LogP contribution in [0.5, 0.6) is 0 Å². The SMILES string of the molecule is Cc1cccc(NC(=O)Cn2cnc(S(=O)(=O)N3CCC(C)CC3)c2)c1C. The lowest BCUT2D eigenvalue weighted by Gasteiger charge is -2.28. The van der Waals surface area contributed by atoms with Crippen molar-refractivity contribution >= 4 is 21.6 Å². The van der Waals surface area contributed by atoms with E-state index in [2.05, 4.69) is 17.2 Å². The largest absolute Gasteiger partial charge is 0.327 e. The molecular formula is C19H26N4O3S. The lowest BCUT2D eigenvalue weighted by molar-refractivity contribution is -0.116. The van der Waals surface area contributed by atoms with Gasteiger partial charge in [-0.05, 0) is 49.8 Å². The van der Waals surface area contributed by atoms with Crippen molar-refractivity contribution in [3.63, 3.8) is 0 Å². The Morgan fingerprint density at radius 2 is 1.96 bits per heavy atom. The molecule has 3 rings (SSSR count). The van der Waals surface area contributed by atoms with Gasteiger partial charge in [0.15, 0.2) is 5.03 Å². The van der Waals surface area contributed by atoms with E-state index < -0.39 is 10.0 Å². The first-order chi connectivity index (χ1) is 12.8. The molecule has 146 valence electrons. The number of amides is 1. The predicted molar refractivity (Wildman–Crippen MR) is 104 cm³/mol. The quantitative estimate of drug-likeness (QED) is 0.850. The van der Waals surface area contributed by atoms with Gasteiger partial charge in [-0.25, -0.2) is 13.4 Å². The number of hydrogen-bond acceptors (Lipinski definition) is 4. The molecule has 0 atom stereocenters. The van der Waals surface area contributed by atoms with Crippen LogP contribution in [0, 0.1) is 19.8 Å². The number of carbonyl (C=O) groups is 1. The molecule has 1 aromatic carbocycles. The topological polar surface area (TPSA) is 84.3 Å². The van der Waals surface area contributed by atoms with Crippen LogP contribution in [-0.2, 0) is 21.4 Å². The Kier molecular flexibility index (Phi) is 5.67. The second-order valence-corrected chi connectivity index (χ2v) is 9.15. The minimum atomic E-state index is -3.60. The van der Waals surface area contributed by atoms with Crippen LogP contribution in [0.3, 0.4) is 0 Å². The molecule has 1 amide bonds. The highest BCUT2D eigenvalue weighted by atomic mass is 32.2. The zero-order chi connectivity index (χ0) is 19.6. The maximum atomic E-state index is 12.7. The van der Waals surface area contributed by atoms with Crippen LogP contribution in [0.15, 0.2) is 35.7 Å². The van der Waals surface area contributed by atoms with Crippen molar-refractivity contribution in [3.05, 3.63) is 41.9 Å². The molecule has 0 saturated carbocycles. The van der Waals surface area contributed by atoms with E-state index in [9.17, 15) is 13.2 Å². The summed E-state index contributed by atoms with van der Waals surface area (Å²) in [6, 6.07) is 5.72. The molecule has 1 saturated heterocycles. The number of nitrogens with one attached hydrogen (secondary N) is 1. The summed E-state index contributed by atoms with van der Waals surface area (Å²) in [5, 5.41) is 2.87. The molecule has 1 aromatic heterocycles. The predicted octanol–water partition coefficient (Wildman–Crippen LogP) is 2.56. The van der Waals surface area contributed by atoms with Crippen molar-refractivity contribution in [3.8, 4) is 0 Å². The summed E-state index contributed by atoms with van der Waals surface area (Å²) >= 11 is 0. The fourth-order valence-corrected chi connectivity index (χ4v) is 4.56. The number of benzene rings is 1. The van der Waals surface area contributed by atoms with E-state index in [-0.39, 0.29) is 17.5 Å². The van der Waals surface area contributed by atoms with E-state index in [1.807, 2.05) is 32.0 Å². The Bertz CT molecular complexity index is 928. The number of sulfonamides is 1. The van der Waals surface area contributed by atoms with Crippen molar-refractivity contribution in [2.75, 3.05) is 18.4 Å². The van der Waals surface area contributed by atoms with Crippen LogP contribution in [-0.4, -0.2) is 41.3 Å². The molecule has 27 heavy (non-hydrogen) atoms. The zero-order valence-corrected chi connectivity index (χ0v) is 16.8. The Balaban J connectivity index is 1.67. The van der Waals surface area contributed by atoms with Crippen LogP contribution in [0.25, 0.3) is 0 Å². The van der Waals surface area contributed by atoms with Gasteiger partial charge in [0, 0.05) is 25.0 Å². The molecule has 2 aromatic rings. The summed E-state index contributed by atoms with van der Waals surface area (Å²) < 4.78 is 28.4. The van der Waals surface area contributed by atoms with Crippen molar-refractivity contribution < 1.29 is 13.2 Å². The summed E-state index contributed by atoms with van der Waals surface area (Å²) in [6.45, 7) is 7.11. The number of hydrogen-bond donors (Lipinski definition) is 1. The van der Waals surface area contributed by atoms with Gasteiger partial charge in [-0.15, -0.1) is 0 Å². The van der Waals surface area contributed by atoms with Crippen LogP contribution in [0.1, 0.15) is 30.9 Å². The molecule has 1 fully saturated rings. The van der Waals surface area contributed by atoms with Gasteiger partial charge < -0.3 is 9.88 Å². The minimum absolute atomic E-state index is 0.00316. The number of carbonyl (C=O) groups excluding carboxylic acids is 1. The van der Waals surface area contributed by atoms with E-state index in [1.54, 1.807) is 0 Å². The average molecular weight is 391 g/mol. The maximum absolute atomic E-state index is 12.7. The number of aromatic nitrogens is 2. The Hall–Kier alpha value is -2.19. The molecule has 0 aliphatic carbocycles. The highest BCUT2D eigenvalue weighted by Gasteiger charge is 2.29. The molecule has 7 nitrogen and oxygen atoms in total. The lowest BCUT2D eigenvalue weighted by atomic mass is 10.0. The molecule has 0 bridgehead atoms. The highest BCUT2D eigenvalue weighted by Crippen LogP contribution is 2.22. The Labute approximate surface area is 160 Å². The maximum Gasteiger partial charge on any atom is 0.262 e. The van der Waals surface area contributed by atoms with Gasteiger partial charge in [0.2, 0.25) is 5.91 Å². The zero-order valence-electron chi connectivity index (χ0n) is 16.0. The van der Waals surface area contributed by atoms with Gasteiger partial charge in [-0.1, -0.05) is 19.1 Å². The van der Waals surface area contributed by atoms with Crippen LogP contribution in [0.2, 0.25) is 0 Å². The number of aryl methyl sites for hydroxylation is 1. The van der Waals surface area contributed by atoms with E-state index in [1.165, 1.54) is 21.4 Å². The third-order valence-corrected chi connectivity index (χ3v) is 6.95. The number of imidazole rings is 1. The van der Waals surface area contributed by atoms with E-state index in [0.29, 0.717) is 19.0 Å². The summed E-state index contributed by atoms with van der Waals surface area (Å²) in [5.41, 5.74) is 2.87. The van der Waals surface area contributed by atoms with Crippen molar-refractivity contribution in [2.45, 2.75) is 45.2 Å². The molecule has 8 heteroatoms. The standard InChI is InChI=1S/C19H26N4O3S/c1-14-7-9-23(10-8-14)27(25,26)19-12-22(13-20-19)11-18(24)21-17-6-4-5-15(2)16(17)3/h4-6,12-14H,7-11H2,1-3H3,(H,21,24). The monoisotopic (exact) mass is 390 g/mol. The second-order valence-electron chi connectivity index (χ2n) is 7.27. The van der Waals surface area contributed by atoms with Gasteiger partial charge in [0.1, 0.15) is 6.54 Å². The molecule has 0 spiro atoms. The Morgan fingerprint density at radius 3 is 2.67 bits per heavy atom. The molecule has 0 radical (unpaired) electrons. The summed E-state index contributed by atoms with van der Waals surface area (Å²) in [5.74, 6) is 0.319. The first kappa shape index (κ1) is 19.6. The van der Waals surface area contributed by atoms with Crippen LogP contribution in [0.4, 0.5) is 5.69 Å². The van der Waals surface area contributed by atoms with E-state index in [0.717, 1.165) is 29.7 Å². The Morgan fingerprint density at radius 1 is 1.26 bits per heavy atom. The molecule has 1 aliphatic rings. The molecule has 1 aliphatic heterocycles. The van der Waals surface area contributed by atoms with Crippen LogP contribution < -0.4 is 5.32 Å². The summed E-state index contributed by atoms with van der Waals surface area (Å²) in [4.78, 5) is 16.3. The minimum Gasteiger partial charge on any atom is -0.327 e. The van der Waals surface area contributed by atoms with Gasteiger partial charge in [0.25, 0.3) is 10.0 Å². The molecular weight excluding hydrogens is 364 g/mol. The van der Waals surface area contributed by atoms with E-state index in [4.69, 9.17) is 0 Å². The van der Waals surface area contributed by atoms with Crippen LogP contribution >= 0.6 is 0 Å². The van der Waals surface area contributed by atoms with Crippen molar-refractivity contribution in [1.29, 1.82) is 0 Å². The fourth-order valence-electron chi connectivity index (χ4n) is 3.16. The summed E-state index contributed by atoms with van der Waals surface area (Å²) in [7, 11) is -3.60. The van der Waals surface area contributed by atoms with Crippen molar-refractivity contribution in [1.82, 2.24) is 13.9 Å². The first-order valence-electron chi connectivity index (χ1n) is 9.15. The molecule has 1 N–H and O–H groups in total. The third-order valence-electron chi connectivity index (χ3n) is 5.16. The highest BCUT2D eigenvalue weighted by molar-refractivity contribution is 7.89. The van der Waals surface area contributed by atoms with Gasteiger partial charge >= 0.3 is 0 Å². The van der Waals surface area contributed by atoms with Gasteiger partial charge in [-0.2, -0.15) is 4.31 Å². The number of anilines is 1. The van der Waals surface area contributed by atoms with E-state index >= 15 is 0 Å². The van der Waals surface area contributed by atoms with Gasteiger partial charge in [0.05, 0.1) is 6.33 Å².